The van der Waals surface area contributed by atoms with Gasteiger partial charge in [-0.2, -0.15) is 0 Å². The third-order valence-electron chi connectivity index (χ3n) is 4.61. The molecule has 0 radical (unpaired) electrons. The first-order valence-corrected chi connectivity index (χ1v) is 8.83. The Hall–Kier alpha value is -2.56. The maximum absolute atomic E-state index is 12.3. The first-order valence-electron chi connectivity index (χ1n) is 8.83. The van der Waals surface area contributed by atoms with Gasteiger partial charge >= 0.3 is 6.03 Å². The van der Waals surface area contributed by atoms with Crippen molar-refractivity contribution in [2.45, 2.75) is 26.3 Å². The molecule has 2 heterocycles. The zero-order valence-electron chi connectivity index (χ0n) is 14.6. The molecule has 132 valence electrons. The van der Waals surface area contributed by atoms with Gasteiger partial charge in [-0.05, 0) is 37.3 Å². The molecule has 0 spiro atoms. The Bertz CT molecular complexity index is 682. The fraction of sp³-hybridized carbons (Fsp3) is 0.400. The van der Waals surface area contributed by atoms with Crippen molar-refractivity contribution in [2.24, 2.45) is 5.92 Å². The number of aryl methyl sites for hydroxylation is 1. The average Bonchev–Trinajstić information content (AvgIpc) is 2.67. The molecule has 1 fully saturated rings. The van der Waals surface area contributed by atoms with Crippen molar-refractivity contribution in [1.82, 2.24) is 15.2 Å². The Labute approximate surface area is 149 Å². The van der Waals surface area contributed by atoms with E-state index in [-0.39, 0.29) is 6.03 Å². The van der Waals surface area contributed by atoms with E-state index >= 15 is 0 Å². The molecule has 5 nitrogen and oxygen atoms in total. The molecular formula is C20H25N3O2. The lowest BCUT2D eigenvalue weighted by Gasteiger charge is -2.31. The minimum absolute atomic E-state index is 0.0174. The zero-order chi connectivity index (χ0) is 17.5. The highest BCUT2D eigenvalue weighted by Gasteiger charge is 2.23. The fourth-order valence-electron chi connectivity index (χ4n) is 3.01. The number of nitrogens with zero attached hydrogens (tertiary/aromatic N) is 2. The van der Waals surface area contributed by atoms with Crippen LogP contribution in [-0.2, 0) is 6.54 Å². The fourth-order valence-corrected chi connectivity index (χ4v) is 3.01. The van der Waals surface area contributed by atoms with Crippen LogP contribution in [0.5, 0.6) is 5.88 Å². The number of likely N-dealkylation sites (tertiary alicyclic amines) is 1. The molecule has 1 aromatic heterocycles. The molecule has 25 heavy (non-hydrogen) atoms. The maximum Gasteiger partial charge on any atom is 0.317 e. The van der Waals surface area contributed by atoms with Crippen LogP contribution < -0.4 is 10.1 Å². The number of nitrogens with one attached hydrogen (secondary N) is 1. The van der Waals surface area contributed by atoms with Gasteiger partial charge in [0.15, 0.2) is 0 Å². The number of aromatic nitrogens is 1. The van der Waals surface area contributed by atoms with E-state index < -0.39 is 0 Å². The van der Waals surface area contributed by atoms with Crippen LogP contribution in [0, 0.1) is 12.8 Å². The summed E-state index contributed by atoms with van der Waals surface area (Å²) in [5.74, 6) is 1.19. The summed E-state index contributed by atoms with van der Waals surface area (Å²) in [5, 5.41) is 2.99. The average molecular weight is 339 g/mol. The van der Waals surface area contributed by atoms with Crippen molar-refractivity contribution in [3.05, 3.63) is 59.8 Å². The summed E-state index contributed by atoms with van der Waals surface area (Å²) in [5.41, 5.74) is 2.17. The molecule has 0 bridgehead atoms. The summed E-state index contributed by atoms with van der Waals surface area (Å²) in [4.78, 5) is 18.4. The van der Waals surface area contributed by atoms with E-state index in [4.69, 9.17) is 4.74 Å². The highest BCUT2D eigenvalue weighted by Crippen LogP contribution is 2.20. The standard InChI is InChI=1S/C20H25N3O2/c1-16-6-5-11-21-19(16)25-15-18-9-12-23(13-10-18)20(24)22-14-17-7-3-2-4-8-17/h2-8,11,18H,9-10,12-15H2,1H3,(H,22,24). The monoisotopic (exact) mass is 339 g/mol. The number of pyridine rings is 1. The number of hydrogen-bond donors (Lipinski definition) is 1. The molecule has 2 aromatic rings. The van der Waals surface area contributed by atoms with Crippen LogP contribution in [0.1, 0.15) is 24.0 Å². The minimum atomic E-state index is 0.0174. The van der Waals surface area contributed by atoms with Gasteiger partial charge in [0, 0.05) is 31.4 Å². The Balaban J connectivity index is 1.39. The van der Waals surface area contributed by atoms with Crippen LogP contribution >= 0.6 is 0 Å². The highest BCUT2D eigenvalue weighted by molar-refractivity contribution is 5.74. The number of amides is 2. The van der Waals surface area contributed by atoms with Gasteiger partial charge in [-0.3, -0.25) is 0 Å². The highest BCUT2D eigenvalue weighted by atomic mass is 16.5. The van der Waals surface area contributed by atoms with Gasteiger partial charge in [0.05, 0.1) is 6.61 Å². The number of carbonyl (C=O) groups is 1. The largest absolute Gasteiger partial charge is 0.477 e. The molecular weight excluding hydrogens is 314 g/mol. The summed E-state index contributed by atoms with van der Waals surface area (Å²) < 4.78 is 5.85. The summed E-state index contributed by atoms with van der Waals surface area (Å²) >= 11 is 0. The normalized spacial score (nSPS) is 15.0. The Morgan fingerprint density at radius 1 is 1.20 bits per heavy atom. The predicted molar refractivity (Wildman–Crippen MR) is 97.4 cm³/mol. The number of carbonyl (C=O) groups excluding carboxylic acids is 1. The van der Waals surface area contributed by atoms with Crippen LogP contribution in [0.3, 0.4) is 0 Å². The molecule has 0 aliphatic carbocycles. The van der Waals surface area contributed by atoms with Gasteiger partial charge < -0.3 is 15.0 Å². The van der Waals surface area contributed by atoms with Gasteiger partial charge in [0.25, 0.3) is 0 Å². The quantitative estimate of drug-likeness (QED) is 0.908. The Morgan fingerprint density at radius 3 is 2.68 bits per heavy atom. The summed E-state index contributed by atoms with van der Waals surface area (Å²) in [6.07, 6.45) is 3.68. The maximum atomic E-state index is 12.3. The van der Waals surface area contributed by atoms with Crippen molar-refractivity contribution < 1.29 is 9.53 Å². The third-order valence-corrected chi connectivity index (χ3v) is 4.61. The van der Waals surface area contributed by atoms with E-state index in [9.17, 15) is 4.79 Å². The van der Waals surface area contributed by atoms with Gasteiger partial charge in [0.1, 0.15) is 0 Å². The van der Waals surface area contributed by atoms with Gasteiger partial charge in [0.2, 0.25) is 5.88 Å². The van der Waals surface area contributed by atoms with Crippen LogP contribution in [0.4, 0.5) is 4.79 Å². The number of benzene rings is 1. The number of urea groups is 1. The molecule has 1 N–H and O–H groups in total. The smallest absolute Gasteiger partial charge is 0.317 e. The summed E-state index contributed by atoms with van der Waals surface area (Å²) in [6, 6.07) is 13.9. The molecule has 5 heteroatoms. The second kappa shape index (κ2) is 8.51. The minimum Gasteiger partial charge on any atom is -0.477 e. The molecule has 1 aliphatic heterocycles. The van der Waals surface area contributed by atoms with Gasteiger partial charge in [-0.1, -0.05) is 36.4 Å². The topological polar surface area (TPSA) is 54.5 Å². The van der Waals surface area contributed by atoms with Crippen molar-refractivity contribution >= 4 is 6.03 Å². The van der Waals surface area contributed by atoms with E-state index in [0.717, 1.165) is 37.1 Å². The third kappa shape index (κ3) is 4.95. The zero-order valence-corrected chi connectivity index (χ0v) is 14.6. The lowest BCUT2D eigenvalue weighted by Crippen LogP contribution is -2.44. The van der Waals surface area contributed by atoms with E-state index in [2.05, 4.69) is 10.3 Å². The SMILES string of the molecule is Cc1cccnc1OCC1CCN(C(=O)NCc2ccccc2)CC1. The van der Waals surface area contributed by atoms with Crippen molar-refractivity contribution in [3.63, 3.8) is 0 Å². The molecule has 2 amide bonds. The van der Waals surface area contributed by atoms with Gasteiger partial charge in [-0.15, -0.1) is 0 Å². The first kappa shape index (κ1) is 17.3. The number of piperidine rings is 1. The summed E-state index contributed by atoms with van der Waals surface area (Å²) in [7, 11) is 0. The molecule has 1 aliphatic rings. The summed E-state index contributed by atoms with van der Waals surface area (Å²) in [6.45, 7) is 4.78. The van der Waals surface area contributed by atoms with Crippen molar-refractivity contribution in [3.8, 4) is 5.88 Å². The van der Waals surface area contributed by atoms with E-state index in [0.29, 0.717) is 24.9 Å². The second-order valence-corrected chi connectivity index (χ2v) is 6.51. The predicted octanol–water partition coefficient (Wildman–Crippen LogP) is 3.39. The molecule has 1 aromatic carbocycles. The van der Waals surface area contributed by atoms with Crippen LogP contribution in [-0.4, -0.2) is 35.6 Å². The van der Waals surface area contributed by atoms with Crippen LogP contribution in [0.15, 0.2) is 48.7 Å². The first-order chi connectivity index (χ1) is 12.2. The van der Waals surface area contributed by atoms with E-state index in [1.165, 1.54) is 0 Å². The molecule has 0 atom stereocenters. The number of rotatable bonds is 5. The molecule has 0 saturated carbocycles. The van der Waals surface area contributed by atoms with Crippen LogP contribution in [0.25, 0.3) is 0 Å². The van der Waals surface area contributed by atoms with Crippen molar-refractivity contribution in [1.29, 1.82) is 0 Å². The van der Waals surface area contributed by atoms with E-state index in [1.54, 1.807) is 6.20 Å². The Kier molecular flexibility index (Phi) is 5.88. The molecule has 0 unspecified atom stereocenters. The Morgan fingerprint density at radius 2 is 1.96 bits per heavy atom. The number of hydrogen-bond acceptors (Lipinski definition) is 3. The molecule has 1 saturated heterocycles. The second-order valence-electron chi connectivity index (χ2n) is 6.51. The van der Waals surface area contributed by atoms with E-state index in [1.807, 2.05) is 54.3 Å². The van der Waals surface area contributed by atoms with Crippen molar-refractivity contribution in [2.75, 3.05) is 19.7 Å². The lowest BCUT2D eigenvalue weighted by molar-refractivity contribution is 0.143. The van der Waals surface area contributed by atoms with Gasteiger partial charge in [-0.25, -0.2) is 9.78 Å². The lowest BCUT2D eigenvalue weighted by atomic mass is 9.98. The number of ether oxygens (including phenoxy) is 1. The molecule has 3 rings (SSSR count). The van der Waals surface area contributed by atoms with Crippen LogP contribution in [0.2, 0.25) is 0 Å².